The summed E-state index contributed by atoms with van der Waals surface area (Å²) in [7, 11) is 0. The molecule has 3 aromatic rings. The second-order valence-corrected chi connectivity index (χ2v) is 3.79. The van der Waals surface area contributed by atoms with E-state index in [2.05, 4.69) is 15.5 Å². The van der Waals surface area contributed by atoms with Gasteiger partial charge in [0, 0.05) is 5.69 Å². The molecule has 0 aliphatic heterocycles. The molecule has 0 spiro atoms. The minimum atomic E-state index is 0.358. The SMILES string of the molecule is Cc1occc1-c1nnc(Nc2ccccc2)o1. The zero-order valence-electron chi connectivity index (χ0n) is 9.75. The van der Waals surface area contributed by atoms with Crippen molar-refractivity contribution in [1.29, 1.82) is 0 Å². The van der Waals surface area contributed by atoms with E-state index in [4.69, 9.17) is 8.83 Å². The Labute approximate surface area is 103 Å². The maximum atomic E-state index is 5.52. The topological polar surface area (TPSA) is 64.1 Å². The fraction of sp³-hybridized carbons (Fsp3) is 0.0769. The summed E-state index contributed by atoms with van der Waals surface area (Å²) in [6.07, 6.45) is 1.60. The van der Waals surface area contributed by atoms with Gasteiger partial charge in [-0.15, -0.1) is 5.10 Å². The van der Waals surface area contributed by atoms with Gasteiger partial charge >= 0.3 is 6.01 Å². The molecular formula is C13H11N3O2. The summed E-state index contributed by atoms with van der Waals surface area (Å²) in [5.41, 5.74) is 1.71. The lowest BCUT2D eigenvalue weighted by Gasteiger charge is -1.98. The molecule has 0 unspecified atom stereocenters. The molecule has 0 bridgehead atoms. The first-order chi connectivity index (χ1) is 8.83. The molecule has 0 aliphatic carbocycles. The summed E-state index contributed by atoms with van der Waals surface area (Å²) < 4.78 is 10.7. The van der Waals surface area contributed by atoms with Crippen LogP contribution in [-0.2, 0) is 0 Å². The van der Waals surface area contributed by atoms with Crippen molar-refractivity contribution in [3.8, 4) is 11.5 Å². The normalized spacial score (nSPS) is 10.5. The fourth-order valence-corrected chi connectivity index (χ4v) is 1.63. The Kier molecular flexibility index (Phi) is 2.57. The highest BCUT2D eigenvalue weighted by Gasteiger charge is 2.12. The fourth-order valence-electron chi connectivity index (χ4n) is 1.63. The molecule has 1 aromatic carbocycles. The molecule has 0 saturated carbocycles. The summed E-state index contributed by atoms with van der Waals surface area (Å²) in [6.45, 7) is 1.85. The number of hydrogen-bond acceptors (Lipinski definition) is 5. The lowest BCUT2D eigenvalue weighted by Crippen LogP contribution is -1.88. The summed E-state index contributed by atoms with van der Waals surface area (Å²) in [4.78, 5) is 0. The maximum absolute atomic E-state index is 5.52. The number of para-hydroxylation sites is 1. The standard InChI is InChI=1S/C13H11N3O2/c1-9-11(7-8-17-9)12-15-16-13(18-12)14-10-5-3-2-4-6-10/h2-8H,1H3,(H,14,16). The molecule has 18 heavy (non-hydrogen) atoms. The third kappa shape index (κ3) is 1.98. The van der Waals surface area contributed by atoms with E-state index in [1.165, 1.54) is 0 Å². The number of aryl methyl sites for hydroxylation is 1. The van der Waals surface area contributed by atoms with Crippen LogP contribution < -0.4 is 5.32 Å². The van der Waals surface area contributed by atoms with Crippen molar-refractivity contribution >= 4 is 11.7 Å². The minimum absolute atomic E-state index is 0.358. The maximum Gasteiger partial charge on any atom is 0.320 e. The zero-order valence-corrected chi connectivity index (χ0v) is 9.75. The minimum Gasteiger partial charge on any atom is -0.469 e. The van der Waals surface area contributed by atoms with Gasteiger partial charge in [-0.1, -0.05) is 23.3 Å². The molecule has 0 aliphatic rings. The van der Waals surface area contributed by atoms with Crippen LogP contribution in [0.25, 0.3) is 11.5 Å². The first kappa shape index (κ1) is 10.6. The van der Waals surface area contributed by atoms with Crippen molar-refractivity contribution in [3.05, 3.63) is 48.4 Å². The third-order valence-electron chi connectivity index (χ3n) is 2.54. The van der Waals surface area contributed by atoms with E-state index in [0.717, 1.165) is 17.0 Å². The van der Waals surface area contributed by atoms with Gasteiger partial charge in [0.15, 0.2) is 0 Å². The van der Waals surface area contributed by atoms with Crippen LogP contribution in [-0.4, -0.2) is 10.2 Å². The first-order valence-corrected chi connectivity index (χ1v) is 5.53. The van der Waals surface area contributed by atoms with Crippen LogP contribution in [0.15, 0.2) is 51.5 Å². The van der Waals surface area contributed by atoms with Crippen molar-refractivity contribution in [3.63, 3.8) is 0 Å². The number of rotatable bonds is 3. The highest BCUT2D eigenvalue weighted by Crippen LogP contribution is 2.25. The molecule has 5 heteroatoms. The number of furan rings is 1. The molecule has 3 rings (SSSR count). The van der Waals surface area contributed by atoms with Crippen molar-refractivity contribution in [2.24, 2.45) is 0 Å². The average molecular weight is 241 g/mol. The van der Waals surface area contributed by atoms with Gasteiger partial charge in [0.05, 0.1) is 11.8 Å². The Morgan fingerprint density at radius 1 is 1.06 bits per heavy atom. The summed E-state index contributed by atoms with van der Waals surface area (Å²) in [6, 6.07) is 11.8. The second-order valence-electron chi connectivity index (χ2n) is 3.79. The predicted molar refractivity (Wildman–Crippen MR) is 66.5 cm³/mol. The van der Waals surface area contributed by atoms with Gasteiger partial charge in [-0.05, 0) is 25.1 Å². The highest BCUT2D eigenvalue weighted by atomic mass is 16.4. The van der Waals surface area contributed by atoms with E-state index >= 15 is 0 Å². The summed E-state index contributed by atoms with van der Waals surface area (Å²) in [5, 5.41) is 11.0. The Hall–Kier alpha value is -2.56. The van der Waals surface area contributed by atoms with Crippen LogP contribution in [0.4, 0.5) is 11.7 Å². The Morgan fingerprint density at radius 3 is 2.61 bits per heavy atom. The lowest BCUT2D eigenvalue weighted by atomic mass is 10.3. The van der Waals surface area contributed by atoms with E-state index in [1.54, 1.807) is 12.3 Å². The molecule has 2 aromatic heterocycles. The van der Waals surface area contributed by atoms with Crippen LogP contribution in [0, 0.1) is 6.92 Å². The van der Waals surface area contributed by atoms with Gasteiger partial charge in [-0.25, -0.2) is 0 Å². The van der Waals surface area contributed by atoms with Crippen LogP contribution in [0.3, 0.4) is 0 Å². The molecule has 0 saturated heterocycles. The molecule has 0 radical (unpaired) electrons. The highest BCUT2D eigenvalue weighted by molar-refractivity contribution is 5.57. The van der Waals surface area contributed by atoms with Gasteiger partial charge in [-0.3, -0.25) is 0 Å². The molecule has 2 heterocycles. The van der Waals surface area contributed by atoms with Gasteiger partial charge in [0.2, 0.25) is 0 Å². The zero-order chi connectivity index (χ0) is 12.4. The average Bonchev–Trinajstić information content (AvgIpc) is 2.99. The van der Waals surface area contributed by atoms with Crippen LogP contribution in [0.1, 0.15) is 5.76 Å². The molecule has 0 fully saturated rings. The van der Waals surface area contributed by atoms with E-state index < -0.39 is 0 Å². The lowest BCUT2D eigenvalue weighted by molar-refractivity contribution is 0.531. The molecule has 1 N–H and O–H groups in total. The molecule has 90 valence electrons. The van der Waals surface area contributed by atoms with Crippen molar-refractivity contribution in [2.45, 2.75) is 6.92 Å². The first-order valence-electron chi connectivity index (χ1n) is 5.53. The van der Waals surface area contributed by atoms with E-state index in [-0.39, 0.29) is 0 Å². The smallest absolute Gasteiger partial charge is 0.320 e. The predicted octanol–water partition coefficient (Wildman–Crippen LogP) is 3.38. The number of nitrogens with one attached hydrogen (secondary N) is 1. The molecule has 0 atom stereocenters. The monoisotopic (exact) mass is 241 g/mol. The third-order valence-corrected chi connectivity index (χ3v) is 2.54. The summed E-state index contributed by atoms with van der Waals surface area (Å²) in [5.74, 6) is 1.20. The van der Waals surface area contributed by atoms with Crippen molar-refractivity contribution in [1.82, 2.24) is 10.2 Å². The number of aromatic nitrogens is 2. The Bertz CT molecular complexity index is 643. The summed E-state index contributed by atoms with van der Waals surface area (Å²) >= 11 is 0. The van der Waals surface area contributed by atoms with Gasteiger partial charge in [0.25, 0.3) is 5.89 Å². The molecular weight excluding hydrogens is 230 g/mol. The second kappa shape index (κ2) is 4.37. The van der Waals surface area contributed by atoms with Gasteiger partial charge in [-0.2, -0.15) is 0 Å². The number of benzene rings is 1. The largest absolute Gasteiger partial charge is 0.469 e. The van der Waals surface area contributed by atoms with Crippen LogP contribution >= 0.6 is 0 Å². The van der Waals surface area contributed by atoms with Crippen LogP contribution in [0.5, 0.6) is 0 Å². The van der Waals surface area contributed by atoms with E-state index in [1.807, 2.05) is 37.3 Å². The van der Waals surface area contributed by atoms with Crippen molar-refractivity contribution in [2.75, 3.05) is 5.32 Å². The Morgan fingerprint density at radius 2 is 1.89 bits per heavy atom. The van der Waals surface area contributed by atoms with Crippen molar-refractivity contribution < 1.29 is 8.83 Å². The van der Waals surface area contributed by atoms with Crippen LogP contribution in [0.2, 0.25) is 0 Å². The Balaban J connectivity index is 1.84. The number of hydrogen-bond donors (Lipinski definition) is 1. The van der Waals surface area contributed by atoms with E-state index in [0.29, 0.717) is 11.9 Å². The van der Waals surface area contributed by atoms with Gasteiger partial charge < -0.3 is 14.2 Å². The van der Waals surface area contributed by atoms with Gasteiger partial charge in [0.1, 0.15) is 5.76 Å². The number of nitrogens with zero attached hydrogens (tertiary/aromatic N) is 2. The quantitative estimate of drug-likeness (QED) is 0.761. The van der Waals surface area contributed by atoms with E-state index in [9.17, 15) is 0 Å². The molecule has 0 amide bonds. The number of anilines is 2. The molecule has 5 nitrogen and oxygen atoms in total.